The molecule has 0 bridgehead atoms. The molecule has 1 rings (SSSR count). The molecule has 2 N–H and O–H groups in total. The molecule has 0 saturated heterocycles. The second kappa shape index (κ2) is 8.57. The normalized spacial score (nSPS) is 9.74. The molecule has 0 fully saturated rings. The maximum Gasteiger partial charge on any atom is 0.233 e. The first-order chi connectivity index (χ1) is 9.17. The average molecular weight is 325 g/mol. The van der Waals surface area contributed by atoms with Crippen LogP contribution in [0.4, 0.5) is 0 Å². The van der Waals surface area contributed by atoms with Gasteiger partial charge in [-0.05, 0) is 25.1 Å². The molecule has 0 aromatic heterocycles. The van der Waals surface area contributed by atoms with E-state index in [-0.39, 0.29) is 19.1 Å². The highest BCUT2D eigenvalue weighted by atomic mass is 79.9. The molecule has 0 saturated carbocycles. The topological polar surface area (TPSA) is 50.4 Å². The third kappa shape index (κ3) is 5.77. The molecule has 0 atom stereocenters. The molecule has 0 aliphatic rings. The summed E-state index contributed by atoms with van der Waals surface area (Å²) in [4.78, 5) is 11.3. The highest BCUT2D eigenvalue weighted by Crippen LogP contribution is 2.23. The maximum atomic E-state index is 11.3. The van der Waals surface area contributed by atoms with E-state index in [4.69, 9.17) is 11.2 Å². The lowest BCUT2D eigenvalue weighted by atomic mass is 10.2. The van der Waals surface area contributed by atoms with Crippen LogP contribution in [0.15, 0.2) is 22.7 Å². The number of amides is 1. The average Bonchev–Trinajstić information content (AvgIpc) is 2.38. The lowest BCUT2D eigenvalue weighted by Gasteiger charge is -2.11. The fourth-order valence-corrected chi connectivity index (χ4v) is 1.93. The van der Waals surface area contributed by atoms with Gasteiger partial charge in [-0.1, -0.05) is 21.9 Å². The van der Waals surface area contributed by atoms with Gasteiger partial charge in [0.1, 0.15) is 12.4 Å². The summed E-state index contributed by atoms with van der Waals surface area (Å²) in [6.45, 7) is 3.56. The van der Waals surface area contributed by atoms with Gasteiger partial charge in [0.25, 0.3) is 0 Å². The van der Waals surface area contributed by atoms with E-state index >= 15 is 0 Å². The van der Waals surface area contributed by atoms with Crippen LogP contribution in [0.5, 0.6) is 5.75 Å². The van der Waals surface area contributed by atoms with Crippen molar-refractivity contribution in [2.75, 3.05) is 19.7 Å². The van der Waals surface area contributed by atoms with Crippen molar-refractivity contribution >= 4 is 21.8 Å². The molecule has 0 heterocycles. The summed E-state index contributed by atoms with van der Waals surface area (Å²) in [6, 6.07) is 5.68. The molecule has 0 aliphatic heterocycles. The predicted molar refractivity (Wildman–Crippen MR) is 78.9 cm³/mol. The Morgan fingerprint density at radius 3 is 3.00 bits per heavy atom. The molecule has 5 heteroatoms. The molecule has 0 unspecified atom stereocenters. The number of halogens is 1. The number of likely N-dealkylation sites (N-methyl/N-ethyl adjacent to an activating group) is 1. The van der Waals surface area contributed by atoms with E-state index in [0.717, 1.165) is 15.8 Å². The van der Waals surface area contributed by atoms with Crippen molar-refractivity contribution in [2.24, 2.45) is 0 Å². The molecular formula is C14H17BrN2O2. The minimum atomic E-state index is -0.0245. The van der Waals surface area contributed by atoms with E-state index in [1.807, 2.05) is 25.1 Å². The summed E-state index contributed by atoms with van der Waals surface area (Å²) in [6.07, 6.45) is 5.18. The van der Waals surface area contributed by atoms with Gasteiger partial charge in [0.2, 0.25) is 5.91 Å². The van der Waals surface area contributed by atoms with Crippen molar-refractivity contribution in [2.45, 2.75) is 13.5 Å². The van der Waals surface area contributed by atoms with E-state index in [1.54, 1.807) is 0 Å². The summed E-state index contributed by atoms with van der Waals surface area (Å²) in [5.41, 5.74) is 0.953. The number of hydrogen-bond acceptors (Lipinski definition) is 3. The smallest absolute Gasteiger partial charge is 0.233 e. The Morgan fingerprint density at radius 2 is 2.32 bits per heavy atom. The number of carbonyl (C=O) groups excluding carboxylic acids is 1. The Labute approximate surface area is 122 Å². The molecule has 102 valence electrons. The summed E-state index contributed by atoms with van der Waals surface area (Å²) in [5.74, 6) is 3.13. The van der Waals surface area contributed by atoms with Crippen LogP contribution in [-0.2, 0) is 11.3 Å². The van der Waals surface area contributed by atoms with Crippen LogP contribution in [0.2, 0.25) is 0 Å². The number of ether oxygens (including phenoxy) is 1. The predicted octanol–water partition coefficient (Wildman–Crippen LogP) is 1.69. The van der Waals surface area contributed by atoms with Crippen molar-refractivity contribution in [3.8, 4) is 18.1 Å². The first kappa shape index (κ1) is 15.5. The number of hydrogen-bond donors (Lipinski definition) is 2. The molecule has 0 radical (unpaired) electrons. The first-order valence-corrected chi connectivity index (χ1v) is 6.78. The Morgan fingerprint density at radius 1 is 1.53 bits per heavy atom. The summed E-state index contributed by atoms with van der Waals surface area (Å²) >= 11 is 3.41. The molecule has 1 amide bonds. The van der Waals surface area contributed by atoms with E-state index in [2.05, 4.69) is 32.5 Å². The Kier molecular flexibility index (Phi) is 7.01. The maximum absolute atomic E-state index is 11.3. The van der Waals surface area contributed by atoms with Crippen LogP contribution in [0.1, 0.15) is 12.5 Å². The second-order valence-electron chi connectivity index (χ2n) is 3.80. The van der Waals surface area contributed by atoms with Crippen LogP contribution in [0.25, 0.3) is 0 Å². The van der Waals surface area contributed by atoms with Gasteiger partial charge in [0.15, 0.2) is 0 Å². The highest BCUT2D eigenvalue weighted by molar-refractivity contribution is 9.10. The van der Waals surface area contributed by atoms with Gasteiger partial charge >= 0.3 is 0 Å². The fraction of sp³-hybridized carbons (Fsp3) is 0.357. The number of terminal acetylenes is 1. The largest absolute Gasteiger partial charge is 0.481 e. The molecular weight excluding hydrogens is 308 g/mol. The lowest BCUT2D eigenvalue weighted by molar-refractivity contribution is -0.120. The van der Waals surface area contributed by atoms with Crippen molar-refractivity contribution in [1.29, 1.82) is 0 Å². The van der Waals surface area contributed by atoms with Gasteiger partial charge in [-0.25, -0.2) is 0 Å². The molecule has 0 spiro atoms. The van der Waals surface area contributed by atoms with E-state index in [9.17, 15) is 4.79 Å². The van der Waals surface area contributed by atoms with Crippen molar-refractivity contribution in [1.82, 2.24) is 10.6 Å². The van der Waals surface area contributed by atoms with E-state index < -0.39 is 0 Å². The Hall–Kier alpha value is -1.51. The molecule has 1 aromatic carbocycles. The summed E-state index contributed by atoms with van der Waals surface area (Å²) in [5, 5.41) is 5.79. The zero-order valence-electron chi connectivity index (χ0n) is 10.8. The zero-order chi connectivity index (χ0) is 14.1. The minimum Gasteiger partial charge on any atom is -0.481 e. The molecule has 0 aliphatic carbocycles. The van der Waals surface area contributed by atoms with Crippen LogP contribution in [0.3, 0.4) is 0 Å². The summed E-state index contributed by atoms with van der Waals surface area (Å²) < 4.78 is 6.40. The van der Waals surface area contributed by atoms with E-state index in [0.29, 0.717) is 13.1 Å². The first-order valence-electron chi connectivity index (χ1n) is 5.99. The molecule has 4 nitrogen and oxygen atoms in total. The van der Waals surface area contributed by atoms with Gasteiger partial charge < -0.3 is 15.4 Å². The Bertz CT molecular complexity index is 469. The minimum absolute atomic E-state index is 0.0245. The summed E-state index contributed by atoms with van der Waals surface area (Å²) in [7, 11) is 0. The second-order valence-corrected chi connectivity index (χ2v) is 4.72. The van der Waals surface area contributed by atoms with Gasteiger partial charge in [-0.2, -0.15) is 0 Å². The number of rotatable bonds is 7. The van der Waals surface area contributed by atoms with Crippen molar-refractivity contribution < 1.29 is 9.53 Å². The van der Waals surface area contributed by atoms with Crippen molar-refractivity contribution in [3.05, 3.63) is 28.2 Å². The quantitative estimate of drug-likeness (QED) is 0.750. The molecule has 19 heavy (non-hydrogen) atoms. The zero-order valence-corrected chi connectivity index (χ0v) is 12.4. The Balaban J connectivity index is 2.58. The van der Waals surface area contributed by atoms with Crippen LogP contribution >= 0.6 is 15.9 Å². The standard InChI is InChI=1S/C14H17BrN2O2/c1-3-7-19-13-6-5-12(15)8-11(13)9-16-10-14(18)17-4-2/h1,5-6,8,16H,4,7,9-10H2,2H3,(H,17,18). The third-order valence-corrected chi connectivity index (χ3v) is 2.80. The number of benzene rings is 1. The van der Waals surface area contributed by atoms with Gasteiger partial charge in [0, 0.05) is 23.1 Å². The van der Waals surface area contributed by atoms with Gasteiger partial charge in [-0.15, -0.1) is 6.42 Å². The fourth-order valence-electron chi connectivity index (χ4n) is 1.52. The van der Waals surface area contributed by atoms with Crippen LogP contribution in [0, 0.1) is 12.3 Å². The van der Waals surface area contributed by atoms with Gasteiger partial charge in [-0.3, -0.25) is 4.79 Å². The lowest BCUT2D eigenvalue weighted by Crippen LogP contribution is -2.33. The monoisotopic (exact) mass is 324 g/mol. The number of carbonyl (C=O) groups is 1. The van der Waals surface area contributed by atoms with Crippen LogP contribution < -0.4 is 15.4 Å². The number of nitrogens with one attached hydrogen (secondary N) is 2. The van der Waals surface area contributed by atoms with Crippen molar-refractivity contribution in [3.63, 3.8) is 0 Å². The third-order valence-electron chi connectivity index (χ3n) is 2.31. The molecule has 1 aromatic rings. The van der Waals surface area contributed by atoms with Crippen LogP contribution in [-0.4, -0.2) is 25.6 Å². The van der Waals surface area contributed by atoms with E-state index in [1.165, 1.54) is 0 Å². The highest BCUT2D eigenvalue weighted by Gasteiger charge is 2.05. The SMILES string of the molecule is C#CCOc1ccc(Br)cc1CNCC(=O)NCC. The van der Waals surface area contributed by atoms with Gasteiger partial charge in [0.05, 0.1) is 6.54 Å².